The van der Waals surface area contributed by atoms with E-state index in [-0.39, 0.29) is 5.97 Å². The fourth-order valence-electron chi connectivity index (χ4n) is 2.73. The molecule has 1 fully saturated rings. The highest BCUT2D eigenvalue weighted by Crippen LogP contribution is 2.28. The van der Waals surface area contributed by atoms with Gasteiger partial charge in [0.25, 0.3) is 0 Å². The minimum atomic E-state index is -0.328. The van der Waals surface area contributed by atoms with Crippen LogP contribution in [0.5, 0.6) is 0 Å². The molecule has 1 saturated carbocycles. The third-order valence-electron chi connectivity index (χ3n) is 3.80. The van der Waals surface area contributed by atoms with Crippen molar-refractivity contribution in [2.75, 3.05) is 12.8 Å². The van der Waals surface area contributed by atoms with Crippen LogP contribution in [-0.4, -0.2) is 13.1 Å². The lowest BCUT2D eigenvalue weighted by Crippen LogP contribution is -2.11. The summed E-state index contributed by atoms with van der Waals surface area (Å²) in [6, 6.07) is 5.50. The summed E-state index contributed by atoms with van der Waals surface area (Å²) < 4.78 is 4.69. The average molecular weight is 247 g/mol. The van der Waals surface area contributed by atoms with E-state index < -0.39 is 0 Å². The van der Waals surface area contributed by atoms with Crippen LogP contribution in [0.25, 0.3) is 0 Å². The molecule has 0 radical (unpaired) electrons. The number of anilines is 1. The maximum Gasteiger partial charge on any atom is 0.337 e. The van der Waals surface area contributed by atoms with E-state index >= 15 is 0 Å². The second kappa shape index (κ2) is 5.89. The fourth-order valence-corrected chi connectivity index (χ4v) is 2.73. The lowest BCUT2D eigenvalue weighted by molar-refractivity contribution is 0.0601. The molecule has 1 aliphatic rings. The normalized spacial score (nSPS) is 16.5. The van der Waals surface area contributed by atoms with Gasteiger partial charge in [-0.3, -0.25) is 0 Å². The number of hydrogen-bond acceptors (Lipinski definition) is 3. The second-order valence-corrected chi connectivity index (χ2v) is 5.11. The van der Waals surface area contributed by atoms with Crippen LogP contribution in [0.1, 0.15) is 48.0 Å². The molecular formula is C15H21NO2. The minimum absolute atomic E-state index is 0.328. The molecule has 18 heavy (non-hydrogen) atoms. The van der Waals surface area contributed by atoms with Gasteiger partial charge in [-0.25, -0.2) is 4.79 Å². The Bertz CT molecular complexity index is 423. The molecule has 0 amide bonds. The fraction of sp³-hybridized carbons (Fsp3) is 0.533. The van der Waals surface area contributed by atoms with Crippen molar-refractivity contribution >= 4 is 11.7 Å². The second-order valence-electron chi connectivity index (χ2n) is 5.11. The van der Waals surface area contributed by atoms with Crippen molar-refractivity contribution in [2.24, 2.45) is 5.92 Å². The van der Waals surface area contributed by atoms with E-state index in [9.17, 15) is 4.79 Å². The molecule has 98 valence electrons. The third-order valence-corrected chi connectivity index (χ3v) is 3.80. The molecule has 1 aromatic rings. The number of benzene rings is 1. The number of hydrogen-bond donors (Lipinski definition) is 1. The Labute approximate surface area is 108 Å². The summed E-state index contributed by atoms with van der Waals surface area (Å²) in [7, 11) is 1.38. The minimum Gasteiger partial charge on any atom is -0.465 e. The van der Waals surface area contributed by atoms with E-state index in [4.69, 9.17) is 5.73 Å². The van der Waals surface area contributed by atoms with Crippen LogP contribution in [0.15, 0.2) is 18.2 Å². The molecule has 0 heterocycles. The van der Waals surface area contributed by atoms with Crippen LogP contribution < -0.4 is 5.73 Å². The monoisotopic (exact) mass is 247 g/mol. The molecule has 0 unspecified atom stereocenters. The van der Waals surface area contributed by atoms with Crippen LogP contribution in [0.4, 0.5) is 5.69 Å². The van der Waals surface area contributed by atoms with Gasteiger partial charge >= 0.3 is 5.97 Å². The van der Waals surface area contributed by atoms with Crippen LogP contribution in [-0.2, 0) is 11.2 Å². The molecule has 2 N–H and O–H groups in total. The number of ether oxygens (including phenoxy) is 1. The van der Waals surface area contributed by atoms with Gasteiger partial charge in [0.2, 0.25) is 0 Å². The molecule has 2 rings (SSSR count). The van der Waals surface area contributed by atoms with E-state index in [1.165, 1.54) is 39.2 Å². The highest BCUT2D eigenvalue weighted by atomic mass is 16.5. The highest BCUT2D eigenvalue weighted by molar-refractivity contribution is 5.90. The summed E-state index contributed by atoms with van der Waals surface area (Å²) in [6.45, 7) is 0. The number of carbonyl (C=O) groups is 1. The number of carbonyl (C=O) groups excluding carboxylic acids is 1. The highest BCUT2D eigenvalue weighted by Gasteiger charge is 2.16. The Morgan fingerprint density at radius 3 is 2.67 bits per heavy atom. The molecule has 3 nitrogen and oxygen atoms in total. The van der Waals surface area contributed by atoms with Crippen molar-refractivity contribution in [3.05, 3.63) is 29.3 Å². The van der Waals surface area contributed by atoms with Crippen LogP contribution in [0, 0.1) is 5.92 Å². The Morgan fingerprint density at radius 1 is 1.33 bits per heavy atom. The number of nitrogen functional groups attached to an aromatic ring is 1. The van der Waals surface area contributed by atoms with Crippen LogP contribution >= 0.6 is 0 Å². The maximum absolute atomic E-state index is 11.4. The van der Waals surface area contributed by atoms with Gasteiger partial charge in [0.05, 0.1) is 12.7 Å². The first-order valence-electron chi connectivity index (χ1n) is 6.67. The van der Waals surface area contributed by atoms with Gasteiger partial charge < -0.3 is 10.5 Å². The van der Waals surface area contributed by atoms with Crippen molar-refractivity contribution in [3.8, 4) is 0 Å². The van der Waals surface area contributed by atoms with E-state index in [1.54, 1.807) is 12.1 Å². The zero-order valence-corrected chi connectivity index (χ0v) is 10.9. The quantitative estimate of drug-likeness (QED) is 0.659. The molecule has 0 bridgehead atoms. The Hall–Kier alpha value is -1.51. The molecule has 3 heteroatoms. The van der Waals surface area contributed by atoms with Crippen LogP contribution in [0.2, 0.25) is 0 Å². The van der Waals surface area contributed by atoms with Crippen molar-refractivity contribution in [1.82, 2.24) is 0 Å². The summed E-state index contributed by atoms with van der Waals surface area (Å²) in [5.74, 6) is 0.427. The zero-order valence-electron chi connectivity index (χ0n) is 10.9. The van der Waals surface area contributed by atoms with Gasteiger partial charge in [-0.05, 0) is 30.0 Å². The van der Waals surface area contributed by atoms with Gasteiger partial charge in [-0.15, -0.1) is 0 Å². The first-order valence-corrected chi connectivity index (χ1v) is 6.67. The summed E-state index contributed by atoms with van der Waals surface area (Å²) in [4.78, 5) is 11.4. The molecule has 0 atom stereocenters. The first kappa shape index (κ1) is 12.9. The van der Waals surface area contributed by atoms with Gasteiger partial charge in [0.1, 0.15) is 0 Å². The molecule has 0 aliphatic heterocycles. The van der Waals surface area contributed by atoms with Crippen molar-refractivity contribution in [1.29, 1.82) is 0 Å². The van der Waals surface area contributed by atoms with E-state index in [1.807, 2.05) is 6.07 Å². The first-order chi connectivity index (χ1) is 8.70. The molecule has 0 aromatic heterocycles. The van der Waals surface area contributed by atoms with Gasteiger partial charge in [0, 0.05) is 5.69 Å². The number of nitrogens with two attached hydrogens (primary N) is 1. The van der Waals surface area contributed by atoms with Crippen molar-refractivity contribution < 1.29 is 9.53 Å². The molecular weight excluding hydrogens is 226 g/mol. The summed E-state index contributed by atoms with van der Waals surface area (Å²) in [5.41, 5.74) is 8.43. The lowest BCUT2D eigenvalue weighted by atomic mass is 9.84. The van der Waals surface area contributed by atoms with Crippen molar-refractivity contribution in [3.63, 3.8) is 0 Å². The van der Waals surface area contributed by atoms with Crippen LogP contribution in [0.3, 0.4) is 0 Å². The topological polar surface area (TPSA) is 52.3 Å². The molecule has 1 aliphatic carbocycles. The standard InChI is InChI=1S/C15H21NO2/c1-18-15(17)13-8-7-12(14(16)10-13)9-11-5-3-2-4-6-11/h7-8,10-11H,2-6,9,16H2,1H3. The van der Waals surface area contributed by atoms with E-state index in [0.29, 0.717) is 11.3 Å². The summed E-state index contributed by atoms with van der Waals surface area (Å²) in [5, 5.41) is 0. The third kappa shape index (κ3) is 3.03. The van der Waals surface area contributed by atoms with Gasteiger partial charge in [0.15, 0.2) is 0 Å². The molecule has 1 aromatic carbocycles. The predicted octanol–water partition coefficient (Wildman–Crippen LogP) is 3.18. The SMILES string of the molecule is COC(=O)c1ccc(CC2CCCCC2)c(N)c1. The van der Waals surface area contributed by atoms with E-state index in [2.05, 4.69) is 4.74 Å². The predicted molar refractivity (Wildman–Crippen MR) is 72.5 cm³/mol. The number of methoxy groups -OCH3 is 1. The van der Waals surface area contributed by atoms with E-state index in [0.717, 1.165) is 17.9 Å². The van der Waals surface area contributed by atoms with Crippen molar-refractivity contribution in [2.45, 2.75) is 38.5 Å². The maximum atomic E-state index is 11.4. The Balaban J connectivity index is 2.07. The van der Waals surface area contributed by atoms with Gasteiger partial charge in [-0.2, -0.15) is 0 Å². The smallest absolute Gasteiger partial charge is 0.337 e. The molecule has 0 spiro atoms. The Morgan fingerprint density at radius 2 is 2.06 bits per heavy atom. The summed E-state index contributed by atoms with van der Waals surface area (Å²) in [6.07, 6.45) is 7.69. The average Bonchev–Trinajstić information content (AvgIpc) is 2.41. The van der Waals surface area contributed by atoms with Gasteiger partial charge in [-0.1, -0.05) is 38.2 Å². The lowest BCUT2D eigenvalue weighted by Gasteiger charge is -2.22. The number of rotatable bonds is 3. The zero-order chi connectivity index (χ0) is 13.0. The largest absolute Gasteiger partial charge is 0.465 e. The Kier molecular flexibility index (Phi) is 4.24. The summed E-state index contributed by atoms with van der Waals surface area (Å²) >= 11 is 0. The number of esters is 1. The molecule has 0 saturated heterocycles.